The third kappa shape index (κ3) is 3.95. The van der Waals surface area contributed by atoms with Crippen molar-refractivity contribution in [3.63, 3.8) is 0 Å². The fraction of sp³-hybridized carbons (Fsp3) is 0.471. The van der Waals surface area contributed by atoms with Crippen molar-refractivity contribution in [3.8, 4) is 0 Å². The minimum Gasteiger partial charge on any atom is -0.339 e. The zero-order valence-corrected chi connectivity index (χ0v) is 11.8. The number of piperidine rings is 1. The largest absolute Gasteiger partial charge is 0.339 e. The van der Waals surface area contributed by atoms with Gasteiger partial charge >= 0.3 is 0 Å². The number of nitrogens with zero attached hydrogens (tertiary/aromatic N) is 1. The molecular formula is C17H23NO. The van der Waals surface area contributed by atoms with Gasteiger partial charge in [0, 0.05) is 13.1 Å². The Hall–Kier alpha value is -1.57. The van der Waals surface area contributed by atoms with Crippen LogP contribution in [-0.4, -0.2) is 23.9 Å². The second-order valence-corrected chi connectivity index (χ2v) is 5.50. The van der Waals surface area contributed by atoms with Crippen LogP contribution in [0.15, 0.2) is 36.9 Å². The third-order valence-corrected chi connectivity index (χ3v) is 4.06. The van der Waals surface area contributed by atoms with Crippen LogP contribution in [0.4, 0.5) is 0 Å². The normalized spacial score (nSPS) is 16.4. The van der Waals surface area contributed by atoms with Crippen molar-refractivity contribution in [1.29, 1.82) is 0 Å². The first-order valence-electron chi connectivity index (χ1n) is 7.16. The lowest BCUT2D eigenvalue weighted by molar-refractivity contribution is -0.127. The van der Waals surface area contributed by atoms with Crippen molar-refractivity contribution in [2.45, 2.75) is 32.6 Å². The molecule has 1 aliphatic rings. The Morgan fingerprint density at radius 3 is 2.53 bits per heavy atom. The van der Waals surface area contributed by atoms with Gasteiger partial charge < -0.3 is 4.90 Å². The van der Waals surface area contributed by atoms with E-state index in [0.29, 0.717) is 0 Å². The molecule has 19 heavy (non-hydrogen) atoms. The molecule has 0 unspecified atom stereocenters. The summed E-state index contributed by atoms with van der Waals surface area (Å²) in [6, 6.07) is 8.82. The Morgan fingerprint density at radius 2 is 1.95 bits per heavy atom. The molecule has 1 aromatic rings. The van der Waals surface area contributed by atoms with Crippen LogP contribution in [0.1, 0.15) is 30.4 Å². The summed E-state index contributed by atoms with van der Waals surface area (Å²) in [6.07, 6.45) is 6.07. The van der Waals surface area contributed by atoms with Crippen molar-refractivity contribution >= 4 is 5.91 Å². The lowest BCUT2D eigenvalue weighted by Crippen LogP contribution is -2.37. The third-order valence-electron chi connectivity index (χ3n) is 4.06. The Balaban J connectivity index is 1.75. The van der Waals surface area contributed by atoms with E-state index in [1.807, 2.05) is 4.90 Å². The van der Waals surface area contributed by atoms with Crippen LogP contribution in [-0.2, 0) is 11.2 Å². The Kier molecular flexibility index (Phi) is 4.78. The topological polar surface area (TPSA) is 20.3 Å². The van der Waals surface area contributed by atoms with E-state index in [0.717, 1.165) is 38.3 Å². The molecule has 1 amide bonds. The van der Waals surface area contributed by atoms with Crippen molar-refractivity contribution in [1.82, 2.24) is 4.90 Å². The molecule has 0 saturated carbocycles. The van der Waals surface area contributed by atoms with Gasteiger partial charge in [0.2, 0.25) is 5.91 Å². The minimum atomic E-state index is 0.0805. The van der Waals surface area contributed by atoms with E-state index in [-0.39, 0.29) is 5.91 Å². The quantitative estimate of drug-likeness (QED) is 0.757. The first kappa shape index (κ1) is 13.9. The highest BCUT2D eigenvalue weighted by Gasteiger charge is 2.20. The molecule has 2 rings (SSSR count). The van der Waals surface area contributed by atoms with Gasteiger partial charge in [-0.25, -0.2) is 0 Å². The molecule has 1 aliphatic heterocycles. The molecule has 0 spiro atoms. The van der Waals surface area contributed by atoms with Gasteiger partial charge in [-0.3, -0.25) is 4.79 Å². The number of rotatable bonds is 4. The summed E-state index contributed by atoms with van der Waals surface area (Å²) >= 11 is 0. The average molecular weight is 257 g/mol. The molecule has 2 heteroatoms. The maximum Gasteiger partial charge on any atom is 0.245 e. The molecule has 1 saturated heterocycles. The number of likely N-dealkylation sites (tertiary alicyclic amines) is 1. The molecule has 1 fully saturated rings. The van der Waals surface area contributed by atoms with E-state index >= 15 is 0 Å². The molecule has 0 aromatic heterocycles. The molecule has 0 bridgehead atoms. The van der Waals surface area contributed by atoms with Gasteiger partial charge in [0.25, 0.3) is 0 Å². The van der Waals surface area contributed by atoms with Crippen LogP contribution in [0.5, 0.6) is 0 Å². The summed E-state index contributed by atoms with van der Waals surface area (Å²) in [5.74, 6) is 0.840. The van der Waals surface area contributed by atoms with Crippen LogP contribution < -0.4 is 0 Å². The second kappa shape index (κ2) is 6.55. The highest BCUT2D eigenvalue weighted by atomic mass is 16.2. The van der Waals surface area contributed by atoms with E-state index in [4.69, 9.17) is 0 Å². The second-order valence-electron chi connectivity index (χ2n) is 5.50. The van der Waals surface area contributed by atoms with Crippen molar-refractivity contribution in [2.75, 3.05) is 13.1 Å². The van der Waals surface area contributed by atoms with Gasteiger partial charge in [0.1, 0.15) is 0 Å². The van der Waals surface area contributed by atoms with Crippen LogP contribution in [0.2, 0.25) is 0 Å². The Labute approximate surface area is 116 Å². The summed E-state index contributed by atoms with van der Waals surface area (Å²) in [5, 5.41) is 0. The van der Waals surface area contributed by atoms with E-state index in [1.165, 1.54) is 23.6 Å². The molecule has 0 N–H and O–H groups in total. The zero-order chi connectivity index (χ0) is 13.7. The molecule has 2 nitrogen and oxygen atoms in total. The first-order chi connectivity index (χ1) is 9.19. The summed E-state index contributed by atoms with van der Waals surface area (Å²) in [4.78, 5) is 13.4. The molecule has 1 aromatic carbocycles. The fourth-order valence-corrected chi connectivity index (χ4v) is 2.70. The van der Waals surface area contributed by atoms with E-state index in [9.17, 15) is 4.79 Å². The molecule has 0 atom stereocenters. The first-order valence-corrected chi connectivity index (χ1v) is 7.16. The lowest BCUT2D eigenvalue weighted by Gasteiger charge is -2.31. The zero-order valence-electron chi connectivity index (χ0n) is 11.8. The number of hydrogen-bond acceptors (Lipinski definition) is 1. The summed E-state index contributed by atoms with van der Waals surface area (Å²) in [5.41, 5.74) is 2.75. The van der Waals surface area contributed by atoms with Crippen LogP contribution >= 0.6 is 0 Å². The SMILES string of the molecule is C=CC(=O)N1CCC(CCc2ccc(C)cc2)CC1. The minimum absolute atomic E-state index is 0.0805. The van der Waals surface area contributed by atoms with Gasteiger partial charge in [-0.1, -0.05) is 36.4 Å². The summed E-state index contributed by atoms with van der Waals surface area (Å²) in [6.45, 7) is 7.45. The van der Waals surface area contributed by atoms with Gasteiger partial charge in [-0.05, 0) is 50.2 Å². The number of carbonyl (C=O) groups is 1. The maximum atomic E-state index is 11.5. The van der Waals surface area contributed by atoms with Gasteiger partial charge in [0.05, 0.1) is 0 Å². The smallest absolute Gasteiger partial charge is 0.245 e. The number of benzene rings is 1. The monoisotopic (exact) mass is 257 g/mol. The Bertz CT molecular complexity index is 427. The standard InChI is InChI=1S/C17H23NO/c1-3-17(19)18-12-10-16(11-13-18)9-8-15-6-4-14(2)5-7-15/h3-7,16H,1,8-13H2,2H3. The molecule has 0 radical (unpaired) electrons. The van der Waals surface area contributed by atoms with Crippen molar-refractivity contribution in [2.24, 2.45) is 5.92 Å². The Morgan fingerprint density at radius 1 is 1.32 bits per heavy atom. The maximum absolute atomic E-state index is 11.5. The molecule has 1 heterocycles. The summed E-state index contributed by atoms with van der Waals surface area (Å²) in [7, 11) is 0. The number of amides is 1. The van der Waals surface area contributed by atoms with E-state index in [2.05, 4.69) is 37.8 Å². The van der Waals surface area contributed by atoms with E-state index < -0.39 is 0 Å². The van der Waals surface area contributed by atoms with E-state index in [1.54, 1.807) is 0 Å². The van der Waals surface area contributed by atoms with Gasteiger partial charge in [-0.15, -0.1) is 0 Å². The number of carbonyl (C=O) groups excluding carboxylic acids is 1. The fourth-order valence-electron chi connectivity index (χ4n) is 2.70. The number of hydrogen-bond donors (Lipinski definition) is 0. The van der Waals surface area contributed by atoms with Gasteiger partial charge in [-0.2, -0.15) is 0 Å². The van der Waals surface area contributed by atoms with Crippen molar-refractivity contribution in [3.05, 3.63) is 48.0 Å². The lowest BCUT2D eigenvalue weighted by atomic mass is 9.90. The van der Waals surface area contributed by atoms with Gasteiger partial charge in [0.15, 0.2) is 0 Å². The number of aryl methyl sites for hydroxylation is 2. The highest BCUT2D eigenvalue weighted by Crippen LogP contribution is 2.22. The highest BCUT2D eigenvalue weighted by molar-refractivity contribution is 5.87. The predicted octanol–water partition coefficient (Wildman–Crippen LogP) is 3.35. The summed E-state index contributed by atoms with van der Waals surface area (Å²) < 4.78 is 0. The molecule has 0 aliphatic carbocycles. The average Bonchev–Trinajstić information content (AvgIpc) is 2.46. The van der Waals surface area contributed by atoms with Crippen molar-refractivity contribution < 1.29 is 4.79 Å². The van der Waals surface area contributed by atoms with Crippen LogP contribution in [0, 0.1) is 12.8 Å². The molecule has 102 valence electrons. The predicted molar refractivity (Wildman–Crippen MR) is 79.0 cm³/mol. The van der Waals surface area contributed by atoms with Crippen LogP contribution in [0.3, 0.4) is 0 Å². The van der Waals surface area contributed by atoms with Crippen LogP contribution in [0.25, 0.3) is 0 Å². The molecular weight excluding hydrogens is 234 g/mol.